The number of aromatic nitrogens is 1. The van der Waals surface area contributed by atoms with Gasteiger partial charge in [0.1, 0.15) is 5.84 Å². The predicted molar refractivity (Wildman–Crippen MR) is 94.7 cm³/mol. The number of thiazole rings is 1. The SMILES string of the molecule is NC(=Nc1nc2ccccc2s1)N=C(N)c1ccccc1[N+](=O)[O-]. The van der Waals surface area contributed by atoms with Crippen molar-refractivity contribution in [2.75, 3.05) is 0 Å². The van der Waals surface area contributed by atoms with Crippen molar-refractivity contribution in [3.63, 3.8) is 0 Å². The summed E-state index contributed by atoms with van der Waals surface area (Å²) >= 11 is 1.36. The van der Waals surface area contributed by atoms with E-state index in [2.05, 4.69) is 15.0 Å². The Balaban J connectivity index is 1.93. The molecule has 8 nitrogen and oxygen atoms in total. The molecule has 0 aliphatic heterocycles. The number of nitro groups is 1. The van der Waals surface area contributed by atoms with Gasteiger partial charge in [-0.05, 0) is 18.2 Å². The van der Waals surface area contributed by atoms with Crippen molar-refractivity contribution in [3.05, 3.63) is 64.2 Å². The third-order valence-electron chi connectivity index (χ3n) is 3.10. The number of nitrogens with two attached hydrogens (primary N) is 2. The van der Waals surface area contributed by atoms with Gasteiger partial charge in [-0.15, -0.1) is 0 Å². The van der Waals surface area contributed by atoms with E-state index >= 15 is 0 Å². The zero-order valence-electron chi connectivity index (χ0n) is 12.3. The van der Waals surface area contributed by atoms with Crippen LogP contribution in [0.2, 0.25) is 0 Å². The minimum atomic E-state index is -0.529. The Morgan fingerprint density at radius 3 is 2.58 bits per heavy atom. The molecule has 9 heteroatoms. The topological polar surface area (TPSA) is 133 Å². The van der Waals surface area contributed by atoms with Gasteiger partial charge in [-0.2, -0.15) is 9.98 Å². The number of para-hydroxylation sites is 2. The molecule has 0 aliphatic carbocycles. The van der Waals surface area contributed by atoms with E-state index < -0.39 is 4.92 Å². The van der Waals surface area contributed by atoms with Crippen molar-refractivity contribution in [3.8, 4) is 0 Å². The Morgan fingerprint density at radius 1 is 1.12 bits per heavy atom. The number of hydrogen-bond donors (Lipinski definition) is 2. The molecule has 0 amide bonds. The number of nitro benzene ring substituents is 1. The number of aliphatic imine (C=N–C) groups is 2. The fourth-order valence-corrected chi connectivity index (χ4v) is 2.91. The summed E-state index contributed by atoms with van der Waals surface area (Å²) in [5.74, 6) is -0.200. The lowest BCUT2D eigenvalue weighted by Crippen LogP contribution is -2.20. The van der Waals surface area contributed by atoms with Crippen LogP contribution in [-0.2, 0) is 0 Å². The largest absolute Gasteiger partial charge is 0.383 e. The van der Waals surface area contributed by atoms with E-state index in [9.17, 15) is 10.1 Å². The summed E-state index contributed by atoms with van der Waals surface area (Å²) in [5, 5.41) is 11.5. The smallest absolute Gasteiger partial charge is 0.280 e. The average molecular weight is 340 g/mol. The molecule has 0 radical (unpaired) electrons. The van der Waals surface area contributed by atoms with Crippen LogP contribution in [0.5, 0.6) is 0 Å². The summed E-state index contributed by atoms with van der Waals surface area (Å²) in [7, 11) is 0. The minimum absolute atomic E-state index is 0.0790. The lowest BCUT2D eigenvalue weighted by molar-refractivity contribution is -0.385. The Bertz CT molecular complexity index is 946. The summed E-state index contributed by atoms with van der Waals surface area (Å²) < 4.78 is 0.972. The highest BCUT2D eigenvalue weighted by Gasteiger charge is 2.15. The molecule has 24 heavy (non-hydrogen) atoms. The van der Waals surface area contributed by atoms with Gasteiger partial charge < -0.3 is 11.5 Å². The van der Waals surface area contributed by atoms with Crippen molar-refractivity contribution >= 4 is 44.2 Å². The molecule has 3 rings (SSSR count). The number of benzene rings is 2. The van der Waals surface area contributed by atoms with E-state index in [0.717, 1.165) is 10.2 Å². The maximum absolute atomic E-state index is 11.0. The monoisotopic (exact) mass is 340 g/mol. The number of hydrogen-bond acceptors (Lipinski definition) is 5. The second-order valence-corrected chi connectivity index (χ2v) is 5.71. The summed E-state index contributed by atoms with van der Waals surface area (Å²) in [4.78, 5) is 22.9. The molecule has 0 atom stereocenters. The van der Waals surface area contributed by atoms with E-state index in [1.165, 1.54) is 23.5 Å². The van der Waals surface area contributed by atoms with E-state index in [1.54, 1.807) is 12.1 Å². The van der Waals surface area contributed by atoms with Gasteiger partial charge in [0, 0.05) is 6.07 Å². The van der Waals surface area contributed by atoms with Gasteiger partial charge in [-0.3, -0.25) is 10.1 Å². The van der Waals surface area contributed by atoms with Crippen LogP contribution in [0.4, 0.5) is 10.8 Å². The first-order valence-electron chi connectivity index (χ1n) is 6.82. The van der Waals surface area contributed by atoms with E-state index in [-0.39, 0.29) is 23.0 Å². The molecule has 120 valence electrons. The lowest BCUT2D eigenvalue weighted by atomic mass is 10.1. The minimum Gasteiger partial charge on any atom is -0.383 e. The van der Waals surface area contributed by atoms with Gasteiger partial charge in [0.05, 0.1) is 20.7 Å². The zero-order valence-corrected chi connectivity index (χ0v) is 13.1. The molecule has 3 aromatic rings. The highest BCUT2D eigenvalue weighted by atomic mass is 32.1. The molecule has 0 aliphatic rings. The van der Waals surface area contributed by atoms with Crippen LogP contribution in [0, 0.1) is 10.1 Å². The quantitative estimate of drug-likeness (QED) is 0.327. The molecule has 0 fully saturated rings. The van der Waals surface area contributed by atoms with E-state index in [0.29, 0.717) is 5.13 Å². The molecule has 4 N–H and O–H groups in total. The van der Waals surface area contributed by atoms with E-state index in [4.69, 9.17) is 11.5 Å². The normalized spacial score (nSPS) is 12.5. The second-order valence-electron chi connectivity index (χ2n) is 4.71. The summed E-state index contributed by atoms with van der Waals surface area (Å²) in [6.45, 7) is 0. The number of amidine groups is 1. The van der Waals surface area contributed by atoms with Crippen molar-refractivity contribution < 1.29 is 4.92 Å². The summed E-state index contributed by atoms with van der Waals surface area (Å²) in [6.07, 6.45) is 0. The molecule has 0 bridgehead atoms. The number of rotatable bonds is 3. The average Bonchev–Trinajstić information content (AvgIpc) is 2.96. The summed E-state index contributed by atoms with van der Waals surface area (Å²) in [5.41, 5.74) is 12.5. The predicted octanol–water partition coefficient (Wildman–Crippen LogP) is 2.56. The molecule has 1 aromatic heterocycles. The maximum Gasteiger partial charge on any atom is 0.280 e. The van der Waals surface area contributed by atoms with Crippen molar-refractivity contribution in [2.45, 2.75) is 0 Å². The Morgan fingerprint density at radius 2 is 1.83 bits per heavy atom. The fourth-order valence-electron chi connectivity index (χ4n) is 2.06. The fraction of sp³-hybridized carbons (Fsp3) is 0. The molecule has 0 spiro atoms. The molecule has 0 saturated heterocycles. The van der Waals surface area contributed by atoms with Crippen LogP contribution in [0.15, 0.2) is 58.5 Å². The van der Waals surface area contributed by atoms with Crippen LogP contribution in [-0.4, -0.2) is 21.7 Å². The van der Waals surface area contributed by atoms with Gasteiger partial charge in [0.2, 0.25) is 11.1 Å². The molecule has 0 saturated carbocycles. The van der Waals surface area contributed by atoms with Crippen LogP contribution < -0.4 is 11.5 Å². The zero-order chi connectivity index (χ0) is 17.1. The first kappa shape index (κ1) is 15.6. The second kappa shape index (κ2) is 6.42. The number of nitrogens with zero attached hydrogens (tertiary/aromatic N) is 4. The third kappa shape index (κ3) is 3.20. The highest BCUT2D eigenvalue weighted by molar-refractivity contribution is 7.22. The Kier molecular flexibility index (Phi) is 4.17. The summed E-state index contributed by atoms with van der Waals surface area (Å²) in [6, 6.07) is 13.6. The van der Waals surface area contributed by atoms with Crippen molar-refractivity contribution in [1.29, 1.82) is 0 Å². The highest BCUT2D eigenvalue weighted by Crippen LogP contribution is 2.27. The van der Waals surface area contributed by atoms with Crippen LogP contribution >= 0.6 is 11.3 Å². The van der Waals surface area contributed by atoms with Gasteiger partial charge in [0.15, 0.2) is 0 Å². The first-order valence-corrected chi connectivity index (χ1v) is 7.64. The molecule has 0 unspecified atom stereocenters. The molecular formula is C15H12N6O2S. The van der Waals surface area contributed by atoms with E-state index in [1.807, 2.05) is 24.3 Å². The number of fused-ring (bicyclic) bond motifs is 1. The third-order valence-corrected chi connectivity index (χ3v) is 4.03. The number of guanidine groups is 1. The molecule has 1 heterocycles. The van der Waals surface area contributed by atoms with Crippen LogP contribution in [0.3, 0.4) is 0 Å². The maximum atomic E-state index is 11.0. The van der Waals surface area contributed by atoms with Crippen LogP contribution in [0.25, 0.3) is 10.2 Å². The first-order chi connectivity index (χ1) is 11.5. The van der Waals surface area contributed by atoms with Gasteiger partial charge in [-0.1, -0.05) is 35.6 Å². The standard InChI is InChI=1S/C15H12N6O2S/c16-13(9-5-1-3-7-11(9)21(22)23)19-14(17)20-15-18-10-6-2-4-8-12(10)24-15/h1-8H,(H4,16,17,18,19,20). The lowest BCUT2D eigenvalue weighted by Gasteiger charge is -2.01. The van der Waals surface area contributed by atoms with Crippen molar-refractivity contribution in [2.24, 2.45) is 21.5 Å². The van der Waals surface area contributed by atoms with Crippen LogP contribution in [0.1, 0.15) is 5.56 Å². The Hall–Kier alpha value is -3.33. The van der Waals surface area contributed by atoms with Crippen molar-refractivity contribution in [1.82, 2.24) is 4.98 Å². The Labute approximate surface area is 140 Å². The molecular weight excluding hydrogens is 328 g/mol. The van der Waals surface area contributed by atoms with Gasteiger partial charge >= 0.3 is 0 Å². The molecule has 2 aromatic carbocycles. The van der Waals surface area contributed by atoms with Gasteiger partial charge in [-0.25, -0.2) is 4.98 Å². The van der Waals surface area contributed by atoms with Gasteiger partial charge in [0.25, 0.3) is 5.69 Å².